The monoisotopic (exact) mass is 488 g/mol. The molecule has 9 heteroatoms. The Labute approximate surface area is 185 Å². The Bertz CT molecular complexity index is 1070. The molecule has 0 bridgehead atoms. The zero-order valence-electron chi connectivity index (χ0n) is 17.0. The number of carbonyl (C=O) groups excluding carboxylic acids is 4. The Morgan fingerprint density at radius 2 is 1.42 bits per heavy atom. The van der Waals surface area contributed by atoms with E-state index in [9.17, 15) is 19.2 Å². The van der Waals surface area contributed by atoms with Gasteiger partial charge in [0.15, 0.2) is 0 Å². The van der Waals surface area contributed by atoms with Gasteiger partial charge in [0.25, 0.3) is 0 Å². The van der Waals surface area contributed by atoms with Crippen LogP contribution in [-0.4, -0.2) is 54.9 Å². The van der Waals surface area contributed by atoms with Gasteiger partial charge < -0.3 is 0 Å². The number of aliphatic imine (C=N–C) groups is 1. The van der Waals surface area contributed by atoms with Crippen molar-refractivity contribution in [3.05, 3.63) is 59.7 Å². The number of hydrogen-bond acceptors (Lipinski definition) is 6. The van der Waals surface area contributed by atoms with Crippen LogP contribution >= 0.6 is 0 Å². The normalized spacial score (nSPS) is 14.8. The first-order valence-electron chi connectivity index (χ1n) is 9.49. The van der Waals surface area contributed by atoms with E-state index in [0.717, 1.165) is 11.7 Å². The summed E-state index contributed by atoms with van der Waals surface area (Å²) in [6, 6.07) is 12.8. The number of rotatable bonds is 4. The Morgan fingerprint density at radius 3 is 2.03 bits per heavy atom. The van der Waals surface area contributed by atoms with Gasteiger partial charge >= 0.3 is 185 Å². The fourth-order valence-electron chi connectivity index (χ4n) is 2.91. The molecular formula is C22H20N2O6Se. The van der Waals surface area contributed by atoms with Gasteiger partial charge in [0, 0.05) is 0 Å². The molecule has 3 rings (SSSR count). The van der Waals surface area contributed by atoms with Crippen LogP contribution in [0, 0.1) is 0 Å². The molecule has 0 aliphatic carbocycles. The third kappa shape index (κ3) is 5.65. The first-order chi connectivity index (χ1) is 14.9. The summed E-state index contributed by atoms with van der Waals surface area (Å²) in [5.41, 5.74) is 0.357. The molecule has 0 aromatic heterocycles. The van der Waals surface area contributed by atoms with Gasteiger partial charge in [0.1, 0.15) is 0 Å². The number of nitrogens with zero attached hydrogens (tertiary/aromatic N) is 2. The van der Waals surface area contributed by atoms with E-state index < -0.39 is 23.8 Å². The van der Waals surface area contributed by atoms with E-state index >= 15 is 0 Å². The maximum atomic E-state index is 13.2. The van der Waals surface area contributed by atoms with Crippen molar-refractivity contribution in [2.75, 3.05) is 6.54 Å². The average molecular weight is 487 g/mol. The Hall–Kier alpha value is -3.29. The summed E-state index contributed by atoms with van der Waals surface area (Å²) in [4.78, 5) is 54.5. The Balaban J connectivity index is 1.92. The van der Waals surface area contributed by atoms with Crippen LogP contribution in [0.2, 0.25) is 5.32 Å². The third-order valence-corrected chi connectivity index (χ3v) is 6.40. The van der Waals surface area contributed by atoms with E-state index in [2.05, 4.69) is 4.99 Å². The van der Waals surface area contributed by atoms with Gasteiger partial charge in [-0.1, -0.05) is 0 Å². The minimum atomic E-state index is -0.596. The standard InChI is InChI=1S/C22H20N2O6Se/c1-14(25)29-18-10-5-3-8-16(18)20(27)23-22-24(12-7-13-31-22)21(28)17-9-4-6-11-19(17)30-15(2)26/h3-6,8-11H,7,12-13H2,1-2H3. The molecule has 1 heterocycles. The molecule has 2 aromatic rings. The number of amidine groups is 1. The number of ether oxygens (including phenoxy) is 2. The van der Waals surface area contributed by atoms with Crippen LogP contribution in [0.3, 0.4) is 0 Å². The summed E-state index contributed by atoms with van der Waals surface area (Å²) in [5.74, 6) is -1.79. The van der Waals surface area contributed by atoms with Gasteiger partial charge in [0.2, 0.25) is 0 Å². The van der Waals surface area contributed by atoms with Crippen molar-refractivity contribution in [3.8, 4) is 11.5 Å². The van der Waals surface area contributed by atoms with E-state index in [1.807, 2.05) is 0 Å². The van der Waals surface area contributed by atoms with Crippen LogP contribution in [0.4, 0.5) is 0 Å². The van der Waals surface area contributed by atoms with E-state index in [0.29, 0.717) is 11.3 Å². The summed E-state index contributed by atoms with van der Waals surface area (Å²) in [5, 5.41) is 0.833. The van der Waals surface area contributed by atoms with Gasteiger partial charge in [-0.15, -0.1) is 0 Å². The van der Waals surface area contributed by atoms with E-state index in [1.54, 1.807) is 36.4 Å². The zero-order chi connectivity index (χ0) is 22.4. The molecule has 1 aliphatic rings. The van der Waals surface area contributed by atoms with Crippen molar-refractivity contribution in [1.82, 2.24) is 4.90 Å². The summed E-state index contributed by atoms with van der Waals surface area (Å²) in [6.07, 6.45) is 0.777. The molecule has 0 N–H and O–H groups in total. The maximum absolute atomic E-state index is 13.2. The van der Waals surface area contributed by atoms with Crippen molar-refractivity contribution in [1.29, 1.82) is 0 Å². The van der Waals surface area contributed by atoms with Crippen LogP contribution in [-0.2, 0) is 9.59 Å². The molecule has 160 valence electrons. The predicted molar refractivity (Wildman–Crippen MR) is 113 cm³/mol. The summed E-state index contributed by atoms with van der Waals surface area (Å²) in [7, 11) is 0. The second kappa shape index (κ2) is 10.1. The second-order valence-corrected chi connectivity index (χ2v) is 8.77. The molecule has 1 saturated heterocycles. The van der Waals surface area contributed by atoms with Crippen molar-refractivity contribution < 1.29 is 28.7 Å². The first kappa shape index (κ1) is 22.4. The molecule has 0 spiro atoms. The van der Waals surface area contributed by atoms with Crippen LogP contribution in [0.1, 0.15) is 41.0 Å². The molecule has 0 radical (unpaired) electrons. The SMILES string of the molecule is CC(=O)Oc1ccccc1C(=O)N=C1[Se]CCCN1C(=O)c1ccccc1OC(C)=O. The van der Waals surface area contributed by atoms with Crippen molar-refractivity contribution in [2.24, 2.45) is 4.99 Å². The third-order valence-electron chi connectivity index (χ3n) is 4.17. The molecule has 2 amide bonds. The van der Waals surface area contributed by atoms with Crippen molar-refractivity contribution >= 4 is 43.4 Å². The van der Waals surface area contributed by atoms with Crippen LogP contribution in [0.15, 0.2) is 53.5 Å². The number of carbonyl (C=O) groups is 4. The van der Waals surface area contributed by atoms with Gasteiger partial charge in [-0.25, -0.2) is 0 Å². The number of para-hydroxylation sites is 2. The van der Waals surface area contributed by atoms with Gasteiger partial charge in [0.05, 0.1) is 0 Å². The second-order valence-electron chi connectivity index (χ2n) is 6.54. The first-order valence-corrected chi connectivity index (χ1v) is 11.6. The summed E-state index contributed by atoms with van der Waals surface area (Å²) < 4.78 is 10.6. The van der Waals surface area contributed by atoms with Crippen LogP contribution < -0.4 is 9.47 Å². The van der Waals surface area contributed by atoms with E-state index in [4.69, 9.17) is 9.47 Å². The number of hydrogen-bond donors (Lipinski definition) is 0. The number of amides is 2. The molecule has 0 atom stereocenters. The van der Waals surface area contributed by atoms with E-state index in [1.165, 1.54) is 30.9 Å². The molecule has 0 saturated carbocycles. The molecule has 2 aromatic carbocycles. The fourth-order valence-corrected chi connectivity index (χ4v) is 4.87. The van der Waals surface area contributed by atoms with Crippen LogP contribution in [0.5, 0.6) is 11.5 Å². The average Bonchev–Trinajstić information content (AvgIpc) is 2.73. The predicted octanol–water partition coefficient (Wildman–Crippen LogP) is 2.70. The van der Waals surface area contributed by atoms with E-state index in [-0.39, 0.29) is 37.6 Å². The summed E-state index contributed by atoms with van der Waals surface area (Å²) >= 11 is -0.198. The molecule has 1 fully saturated rings. The molecule has 8 nitrogen and oxygen atoms in total. The molecule has 1 aliphatic heterocycles. The van der Waals surface area contributed by atoms with Gasteiger partial charge in [-0.05, 0) is 0 Å². The minimum absolute atomic E-state index is 0.116. The number of esters is 2. The van der Waals surface area contributed by atoms with Crippen molar-refractivity contribution in [2.45, 2.75) is 25.6 Å². The number of benzene rings is 2. The molecule has 31 heavy (non-hydrogen) atoms. The summed E-state index contributed by atoms with van der Waals surface area (Å²) in [6.45, 7) is 2.91. The molecular weight excluding hydrogens is 467 g/mol. The fraction of sp³-hybridized carbons (Fsp3) is 0.227. The zero-order valence-corrected chi connectivity index (χ0v) is 18.7. The topological polar surface area (TPSA) is 102 Å². The van der Waals surface area contributed by atoms with Gasteiger partial charge in [-0.2, -0.15) is 0 Å². The quantitative estimate of drug-likeness (QED) is 0.373. The van der Waals surface area contributed by atoms with Gasteiger partial charge in [-0.3, -0.25) is 0 Å². The van der Waals surface area contributed by atoms with Crippen molar-refractivity contribution in [3.63, 3.8) is 0 Å². The Kier molecular flexibility index (Phi) is 7.33. The molecule has 0 unspecified atom stereocenters. The van der Waals surface area contributed by atoms with Crippen LogP contribution in [0.25, 0.3) is 0 Å². The Morgan fingerprint density at radius 1 is 0.871 bits per heavy atom.